The number of nitrogens with zero attached hydrogens (tertiary/aromatic N) is 1. The maximum absolute atomic E-state index is 13.0. The summed E-state index contributed by atoms with van der Waals surface area (Å²) in [4.78, 5) is 23.8. The molecule has 0 spiro atoms. The number of carbonyl (C=O) groups is 2. The van der Waals surface area contributed by atoms with Gasteiger partial charge in [-0.15, -0.1) is 0 Å². The molecule has 1 saturated carbocycles. The molecular formula is C13H19F3N2O3. The van der Waals surface area contributed by atoms with E-state index in [0.717, 1.165) is 24.2 Å². The van der Waals surface area contributed by atoms with Gasteiger partial charge in [0.25, 0.3) is 0 Å². The molecule has 1 aliphatic heterocycles. The quantitative estimate of drug-likeness (QED) is 0.836. The zero-order chi connectivity index (χ0) is 15.7. The van der Waals surface area contributed by atoms with E-state index in [9.17, 15) is 22.8 Å². The first-order valence-electron chi connectivity index (χ1n) is 7.09. The number of carboxylic acids is 1. The van der Waals surface area contributed by atoms with Gasteiger partial charge in [-0.25, -0.2) is 4.79 Å². The number of likely N-dealkylation sites (tertiary alicyclic amines) is 1. The highest BCUT2D eigenvalue weighted by Crippen LogP contribution is 2.45. The highest BCUT2D eigenvalue weighted by atomic mass is 19.4. The Bertz CT molecular complexity index is 423. The van der Waals surface area contributed by atoms with Crippen LogP contribution < -0.4 is 5.32 Å². The minimum absolute atomic E-state index is 0.193. The first-order chi connectivity index (χ1) is 9.76. The molecule has 2 N–H and O–H groups in total. The lowest BCUT2D eigenvalue weighted by Gasteiger charge is -2.28. The molecule has 1 aliphatic carbocycles. The summed E-state index contributed by atoms with van der Waals surface area (Å²) in [6, 6.07) is -0.610. The Morgan fingerprint density at radius 3 is 2.43 bits per heavy atom. The second kappa shape index (κ2) is 5.73. The van der Waals surface area contributed by atoms with E-state index >= 15 is 0 Å². The average Bonchev–Trinajstić information content (AvgIpc) is 2.77. The molecule has 0 bridgehead atoms. The molecule has 2 amide bonds. The lowest BCUT2D eigenvalue weighted by molar-refractivity contribution is -0.226. The summed E-state index contributed by atoms with van der Waals surface area (Å²) in [5, 5.41) is 11.5. The zero-order valence-corrected chi connectivity index (χ0v) is 11.6. The number of hydrogen-bond acceptors (Lipinski definition) is 2. The van der Waals surface area contributed by atoms with Crippen molar-refractivity contribution in [2.45, 2.75) is 38.3 Å². The van der Waals surface area contributed by atoms with Gasteiger partial charge in [0.05, 0.1) is 0 Å². The number of urea groups is 1. The summed E-state index contributed by atoms with van der Waals surface area (Å²) in [5.74, 6) is -1.32. The third kappa shape index (κ3) is 3.08. The van der Waals surface area contributed by atoms with Crippen molar-refractivity contribution in [1.29, 1.82) is 0 Å². The van der Waals surface area contributed by atoms with Crippen LogP contribution >= 0.6 is 0 Å². The van der Waals surface area contributed by atoms with Crippen LogP contribution in [0.15, 0.2) is 0 Å². The largest absolute Gasteiger partial charge is 0.481 e. The predicted octanol–water partition coefficient (Wildman–Crippen LogP) is 2.23. The summed E-state index contributed by atoms with van der Waals surface area (Å²) in [6.07, 6.45) is -1.17. The maximum atomic E-state index is 13.0. The topological polar surface area (TPSA) is 69.6 Å². The molecule has 0 aromatic heterocycles. The number of hydrogen-bond donors (Lipinski definition) is 2. The van der Waals surface area contributed by atoms with Gasteiger partial charge in [0, 0.05) is 19.6 Å². The van der Waals surface area contributed by atoms with Crippen molar-refractivity contribution in [1.82, 2.24) is 10.2 Å². The van der Waals surface area contributed by atoms with Gasteiger partial charge >= 0.3 is 18.2 Å². The van der Waals surface area contributed by atoms with Gasteiger partial charge in [-0.3, -0.25) is 4.79 Å². The van der Waals surface area contributed by atoms with Gasteiger partial charge in [-0.05, 0) is 18.8 Å². The van der Waals surface area contributed by atoms with Crippen LogP contribution in [0.25, 0.3) is 0 Å². The van der Waals surface area contributed by atoms with Crippen LogP contribution in [-0.2, 0) is 4.79 Å². The predicted molar refractivity (Wildman–Crippen MR) is 67.7 cm³/mol. The third-order valence-corrected chi connectivity index (χ3v) is 4.56. The van der Waals surface area contributed by atoms with Crippen molar-refractivity contribution in [3.05, 3.63) is 0 Å². The smallest absolute Gasteiger partial charge is 0.406 e. The first-order valence-corrected chi connectivity index (χ1v) is 7.09. The molecule has 0 aromatic rings. The Morgan fingerprint density at radius 1 is 1.33 bits per heavy atom. The molecule has 21 heavy (non-hydrogen) atoms. The Morgan fingerprint density at radius 2 is 2.00 bits per heavy atom. The molecule has 0 radical (unpaired) electrons. The van der Waals surface area contributed by atoms with Gasteiger partial charge in [0.15, 0.2) is 5.41 Å². The molecule has 120 valence electrons. The third-order valence-electron chi connectivity index (χ3n) is 4.56. The van der Waals surface area contributed by atoms with Crippen LogP contribution in [0, 0.1) is 11.3 Å². The highest BCUT2D eigenvalue weighted by Gasteiger charge is 2.64. The summed E-state index contributed by atoms with van der Waals surface area (Å²) >= 11 is 0. The van der Waals surface area contributed by atoms with Crippen molar-refractivity contribution in [2.75, 3.05) is 19.6 Å². The minimum atomic E-state index is -4.86. The number of halogens is 3. The Balaban J connectivity index is 1.87. The van der Waals surface area contributed by atoms with E-state index < -0.39 is 36.6 Å². The molecule has 1 unspecified atom stereocenters. The van der Waals surface area contributed by atoms with Gasteiger partial charge in [0.1, 0.15) is 0 Å². The van der Waals surface area contributed by atoms with E-state index in [0.29, 0.717) is 12.5 Å². The molecule has 2 fully saturated rings. The Hall–Kier alpha value is -1.47. The standard InChI is InChI=1S/C13H19F3N2O3/c14-13(15,16)12(10(19)20)5-7-18(8-12)11(21)17-6-4-9-2-1-3-9/h9H,1-8H2,(H,17,21)(H,19,20). The fourth-order valence-electron chi connectivity index (χ4n) is 2.79. The van der Waals surface area contributed by atoms with Crippen LogP contribution in [0.1, 0.15) is 32.1 Å². The number of aliphatic carboxylic acids is 1. The zero-order valence-electron chi connectivity index (χ0n) is 11.6. The SMILES string of the molecule is O=C(NCCC1CCC1)N1CCC(C(=O)O)(C(F)(F)F)C1. The number of amides is 2. The number of alkyl halides is 3. The van der Waals surface area contributed by atoms with Crippen LogP contribution in [0.2, 0.25) is 0 Å². The monoisotopic (exact) mass is 308 g/mol. The molecule has 2 aliphatic rings. The highest BCUT2D eigenvalue weighted by molar-refractivity contribution is 5.80. The molecule has 2 rings (SSSR count). The van der Waals surface area contributed by atoms with Gasteiger partial charge < -0.3 is 15.3 Å². The number of carbonyl (C=O) groups excluding carboxylic acids is 1. The molecule has 5 nitrogen and oxygen atoms in total. The van der Waals surface area contributed by atoms with E-state index in [1.165, 1.54) is 6.42 Å². The normalized spacial score (nSPS) is 26.5. The lowest BCUT2D eigenvalue weighted by Crippen LogP contribution is -2.49. The van der Waals surface area contributed by atoms with Crippen molar-refractivity contribution in [3.8, 4) is 0 Å². The number of nitrogens with one attached hydrogen (secondary N) is 1. The van der Waals surface area contributed by atoms with E-state index in [-0.39, 0.29) is 6.54 Å². The van der Waals surface area contributed by atoms with Crippen molar-refractivity contribution >= 4 is 12.0 Å². The summed E-state index contributed by atoms with van der Waals surface area (Å²) in [7, 11) is 0. The van der Waals surface area contributed by atoms with Crippen molar-refractivity contribution in [2.24, 2.45) is 11.3 Å². The summed E-state index contributed by atoms with van der Waals surface area (Å²) in [5.41, 5.74) is -2.84. The fraction of sp³-hybridized carbons (Fsp3) is 0.846. The average molecular weight is 308 g/mol. The summed E-state index contributed by atoms with van der Waals surface area (Å²) < 4.78 is 38.9. The molecule has 1 atom stereocenters. The van der Waals surface area contributed by atoms with Gasteiger partial charge in [-0.2, -0.15) is 13.2 Å². The van der Waals surface area contributed by atoms with Crippen molar-refractivity contribution < 1.29 is 27.9 Å². The van der Waals surface area contributed by atoms with Crippen molar-refractivity contribution in [3.63, 3.8) is 0 Å². The van der Waals surface area contributed by atoms with Crippen LogP contribution in [-0.4, -0.2) is 47.8 Å². The first kappa shape index (κ1) is 15.9. The molecule has 0 aromatic carbocycles. The van der Waals surface area contributed by atoms with Crippen LogP contribution in [0.4, 0.5) is 18.0 Å². The number of rotatable bonds is 4. The van der Waals surface area contributed by atoms with E-state index in [2.05, 4.69) is 5.32 Å². The number of carboxylic acid groups (broad SMARTS) is 1. The maximum Gasteiger partial charge on any atom is 0.406 e. The van der Waals surface area contributed by atoms with Crippen LogP contribution in [0.5, 0.6) is 0 Å². The molecule has 1 heterocycles. The van der Waals surface area contributed by atoms with Gasteiger partial charge in [0.2, 0.25) is 0 Å². The second-order valence-corrected chi connectivity index (χ2v) is 5.87. The Labute approximate surface area is 120 Å². The second-order valence-electron chi connectivity index (χ2n) is 5.87. The van der Waals surface area contributed by atoms with Gasteiger partial charge in [-0.1, -0.05) is 19.3 Å². The van der Waals surface area contributed by atoms with Crippen LogP contribution in [0.3, 0.4) is 0 Å². The Kier molecular flexibility index (Phi) is 4.34. The lowest BCUT2D eigenvalue weighted by atomic mass is 9.83. The van der Waals surface area contributed by atoms with E-state index in [1.54, 1.807) is 0 Å². The fourth-order valence-corrected chi connectivity index (χ4v) is 2.79. The summed E-state index contributed by atoms with van der Waals surface area (Å²) in [6.45, 7) is -0.589. The molecule has 1 saturated heterocycles. The minimum Gasteiger partial charge on any atom is -0.481 e. The molecular weight excluding hydrogens is 289 g/mol. The molecule has 8 heteroatoms. The van der Waals surface area contributed by atoms with E-state index in [1.807, 2.05) is 0 Å². The van der Waals surface area contributed by atoms with E-state index in [4.69, 9.17) is 5.11 Å².